The van der Waals surface area contributed by atoms with E-state index < -0.39 is 0 Å². The second-order valence-electron chi connectivity index (χ2n) is 8.03. The summed E-state index contributed by atoms with van der Waals surface area (Å²) >= 11 is 0. The van der Waals surface area contributed by atoms with Gasteiger partial charge in [-0.05, 0) is 35.6 Å². The highest BCUT2D eigenvalue weighted by atomic mass is 16.5. The summed E-state index contributed by atoms with van der Waals surface area (Å²) in [5, 5.41) is 7.12. The van der Waals surface area contributed by atoms with E-state index in [0.29, 0.717) is 12.0 Å². The van der Waals surface area contributed by atoms with Crippen molar-refractivity contribution in [2.24, 2.45) is 4.99 Å². The molecule has 0 spiro atoms. The van der Waals surface area contributed by atoms with Gasteiger partial charge in [-0.3, -0.25) is 9.89 Å². The molecule has 5 nitrogen and oxygen atoms in total. The number of nitrogens with zero attached hydrogens (tertiary/aromatic N) is 2. The van der Waals surface area contributed by atoms with E-state index in [1.165, 1.54) is 28.7 Å². The number of nitrogens with one attached hydrogen (secondary N) is 2. The predicted octanol–water partition coefficient (Wildman–Crippen LogP) is 3.05. The quantitative estimate of drug-likeness (QED) is 0.586. The molecule has 2 aliphatic rings. The third-order valence-corrected chi connectivity index (χ3v) is 5.99. The standard InChI is InChI=1S/C24H32N4O/c1-18-7-3-6-10-21(18)22-15-23(22)27-24(25-2)26-16-19-8-4-5-9-20(19)17-28-11-13-29-14-12-28/h3-10,22-23H,11-17H2,1-2H3,(H2,25,26,27). The number of aliphatic imine (C=N–C) groups is 1. The van der Waals surface area contributed by atoms with Crippen molar-refractivity contribution >= 4 is 5.96 Å². The van der Waals surface area contributed by atoms with Crippen molar-refractivity contribution in [2.45, 2.75) is 38.4 Å². The Kier molecular flexibility index (Phi) is 6.47. The Balaban J connectivity index is 1.32. The van der Waals surface area contributed by atoms with Crippen LogP contribution in [0.15, 0.2) is 53.5 Å². The highest BCUT2D eigenvalue weighted by molar-refractivity contribution is 5.80. The van der Waals surface area contributed by atoms with Crippen molar-refractivity contribution in [3.8, 4) is 0 Å². The molecular weight excluding hydrogens is 360 g/mol. The van der Waals surface area contributed by atoms with Crippen LogP contribution in [0, 0.1) is 6.92 Å². The zero-order valence-corrected chi connectivity index (χ0v) is 17.5. The molecule has 2 fully saturated rings. The van der Waals surface area contributed by atoms with Gasteiger partial charge < -0.3 is 15.4 Å². The van der Waals surface area contributed by atoms with Crippen molar-refractivity contribution in [1.82, 2.24) is 15.5 Å². The second kappa shape index (κ2) is 9.42. The first-order valence-electron chi connectivity index (χ1n) is 10.6. The molecule has 1 saturated heterocycles. The van der Waals surface area contributed by atoms with E-state index in [-0.39, 0.29) is 0 Å². The molecule has 29 heavy (non-hydrogen) atoms. The molecule has 1 aliphatic heterocycles. The van der Waals surface area contributed by atoms with Gasteiger partial charge >= 0.3 is 0 Å². The topological polar surface area (TPSA) is 48.9 Å². The van der Waals surface area contributed by atoms with Gasteiger partial charge in [-0.25, -0.2) is 0 Å². The van der Waals surface area contributed by atoms with E-state index >= 15 is 0 Å². The minimum absolute atomic E-state index is 0.464. The lowest BCUT2D eigenvalue weighted by molar-refractivity contribution is 0.0341. The lowest BCUT2D eigenvalue weighted by Gasteiger charge is -2.27. The lowest BCUT2D eigenvalue weighted by Crippen LogP contribution is -2.39. The number of ether oxygens (including phenoxy) is 1. The first-order valence-corrected chi connectivity index (χ1v) is 10.6. The normalized spacial score (nSPS) is 22.3. The maximum Gasteiger partial charge on any atom is 0.191 e. The smallest absolute Gasteiger partial charge is 0.191 e. The molecule has 5 heteroatoms. The van der Waals surface area contributed by atoms with Crippen LogP contribution in [-0.4, -0.2) is 50.3 Å². The van der Waals surface area contributed by atoms with Gasteiger partial charge in [0.1, 0.15) is 0 Å². The zero-order chi connectivity index (χ0) is 20.1. The molecule has 2 aromatic rings. The number of hydrogen-bond acceptors (Lipinski definition) is 3. The Hall–Kier alpha value is -2.37. The fourth-order valence-electron chi connectivity index (χ4n) is 4.13. The summed E-state index contributed by atoms with van der Waals surface area (Å²) in [4.78, 5) is 6.91. The lowest BCUT2D eigenvalue weighted by atomic mass is 10.0. The summed E-state index contributed by atoms with van der Waals surface area (Å²) < 4.78 is 5.47. The Morgan fingerprint density at radius 1 is 1.07 bits per heavy atom. The molecule has 0 amide bonds. The highest BCUT2D eigenvalue weighted by Gasteiger charge is 2.39. The Labute approximate surface area is 174 Å². The van der Waals surface area contributed by atoms with Crippen LogP contribution in [0.25, 0.3) is 0 Å². The molecule has 2 unspecified atom stereocenters. The first kappa shape index (κ1) is 19.9. The van der Waals surface area contributed by atoms with Gasteiger partial charge in [-0.2, -0.15) is 0 Å². The molecule has 2 N–H and O–H groups in total. The number of rotatable bonds is 6. The molecule has 1 heterocycles. The van der Waals surface area contributed by atoms with Gasteiger partial charge in [0.25, 0.3) is 0 Å². The van der Waals surface area contributed by atoms with Crippen LogP contribution in [0.3, 0.4) is 0 Å². The molecule has 1 saturated carbocycles. The summed E-state index contributed by atoms with van der Waals surface area (Å²) in [6.07, 6.45) is 1.17. The SMILES string of the molecule is CN=C(NCc1ccccc1CN1CCOCC1)NC1CC1c1ccccc1C. The third kappa shape index (κ3) is 5.17. The van der Waals surface area contributed by atoms with Crippen LogP contribution in [0.4, 0.5) is 0 Å². The predicted molar refractivity (Wildman–Crippen MR) is 118 cm³/mol. The van der Waals surface area contributed by atoms with E-state index in [0.717, 1.165) is 45.4 Å². The first-order chi connectivity index (χ1) is 14.2. The highest BCUT2D eigenvalue weighted by Crippen LogP contribution is 2.42. The third-order valence-electron chi connectivity index (χ3n) is 5.99. The van der Waals surface area contributed by atoms with Crippen LogP contribution in [0.1, 0.15) is 34.6 Å². The van der Waals surface area contributed by atoms with Crippen molar-refractivity contribution in [3.05, 3.63) is 70.8 Å². The van der Waals surface area contributed by atoms with E-state index in [1.54, 1.807) is 0 Å². The van der Waals surface area contributed by atoms with Crippen molar-refractivity contribution in [3.63, 3.8) is 0 Å². The molecule has 154 valence electrons. The molecule has 1 aliphatic carbocycles. The maximum atomic E-state index is 5.47. The van der Waals surface area contributed by atoms with E-state index in [2.05, 4.69) is 76.0 Å². The Morgan fingerprint density at radius 3 is 2.55 bits per heavy atom. The van der Waals surface area contributed by atoms with E-state index in [4.69, 9.17) is 4.74 Å². The number of hydrogen-bond donors (Lipinski definition) is 2. The van der Waals surface area contributed by atoms with Gasteiger partial charge in [0.2, 0.25) is 0 Å². The summed E-state index contributed by atoms with van der Waals surface area (Å²) in [6, 6.07) is 17.8. The monoisotopic (exact) mass is 392 g/mol. The Morgan fingerprint density at radius 2 is 1.79 bits per heavy atom. The van der Waals surface area contributed by atoms with Crippen LogP contribution in [0.5, 0.6) is 0 Å². The molecule has 0 radical (unpaired) electrons. The zero-order valence-electron chi connectivity index (χ0n) is 17.5. The number of aryl methyl sites for hydroxylation is 1. The van der Waals surface area contributed by atoms with Gasteiger partial charge in [0.05, 0.1) is 13.2 Å². The van der Waals surface area contributed by atoms with Crippen LogP contribution >= 0.6 is 0 Å². The number of benzene rings is 2. The van der Waals surface area contributed by atoms with E-state index in [1.807, 2.05) is 7.05 Å². The molecule has 2 atom stereocenters. The fraction of sp³-hybridized carbons (Fsp3) is 0.458. The minimum atomic E-state index is 0.464. The molecule has 0 bridgehead atoms. The van der Waals surface area contributed by atoms with Gasteiger partial charge in [0, 0.05) is 45.2 Å². The summed E-state index contributed by atoms with van der Waals surface area (Å²) in [7, 11) is 1.85. The number of morpholine rings is 1. The molecule has 4 rings (SSSR count). The summed E-state index contributed by atoms with van der Waals surface area (Å²) in [5.41, 5.74) is 5.54. The van der Waals surface area contributed by atoms with Crippen molar-refractivity contribution < 1.29 is 4.74 Å². The van der Waals surface area contributed by atoms with Gasteiger partial charge in [-0.15, -0.1) is 0 Å². The van der Waals surface area contributed by atoms with Crippen molar-refractivity contribution in [1.29, 1.82) is 0 Å². The summed E-state index contributed by atoms with van der Waals surface area (Å²) in [5.74, 6) is 1.47. The maximum absolute atomic E-state index is 5.47. The summed E-state index contributed by atoms with van der Waals surface area (Å²) in [6.45, 7) is 7.64. The average Bonchev–Trinajstić information content (AvgIpc) is 3.52. The molecule has 2 aromatic carbocycles. The minimum Gasteiger partial charge on any atom is -0.379 e. The Bertz CT molecular complexity index is 844. The van der Waals surface area contributed by atoms with Crippen LogP contribution in [-0.2, 0) is 17.8 Å². The second-order valence-corrected chi connectivity index (χ2v) is 8.03. The van der Waals surface area contributed by atoms with Crippen LogP contribution in [0.2, 0.25) is 0 Å². The molecule has 0 aromatic heterocycles. The van der Waals surface area contributed by atoms with Gasteiger partial charge in [0.15, 0.2) is 5.96 Å². The van der Waals surface area contributed by atoms with E-state index in [9.17, 15) is 0 Å². The fourth-order valence-corrected chi connectivity index (χ4v) is 4.13. The van der Waals surface area contributed by atoms with Gasteiger partial charge in [-0.1, -0.05) is 48.5 Å². The van der Waals surface area contributed by atoms with Crippen LogP contribution < -0.4 is 10.6 Å². The molecular formula is C24H32N4O. The largest absolute Gasteiger partial charge is 0.379 e. The number of guanidine groups is 1. The van der Waals surface area contributed by atoms with Crippen molar-refractivity contribution in [2.75, 3.05) is 33.4 Å². The average molecular weight is 393 g/mol.